The standard InChI is InChI=1S/C11H14ClN3O2/c12-9-5-7(11(16)17)6-14-10(9)15-3-1-8(13)2-4-15/h5-6,8H,1-4,13H2,(H,16,17). The van der Waals surface area contributed by atoms with E-state index in [1.807, 2.05) is 4.90 Å². The molecule has 6 heteroatoms. The van der Waals surface area contributed by atoms with Gasteiger partial charge in [-0.2, -0.15) is 0 Å². The second-order valence-corrected chi connectivity index (χ2v) is 4.57. The summed E-state index contributed by atoms with van der Waals surface area (Å²) < 4.78 is 0. The number of rotatable bonds is 2. The van der Waals surface area contributed by atoms with Crippen molar-refractivity contribution < 1.29 is 9.90 Å². The third kappa shape index (κ3) is 2.68. The Bertz CT molecular complexity index is 431. The maximum absolute atomic E-state index is 10.8. The Balaban J connectivity index is 2.19. The molecule has 0 saturated carbocycles. The minimum atomic E-state index is -1.02. The molecular weight excluding hydrogens is 242 g/mol. The van der Waals surface area contributed by atoms with E-state index in [1.54, 1.807) is 0 Å². The van der Waals surface area contributed by atoms with E-state index in [1.165, 1.54) is 12.3 Å². The number of aromatic carboxylic acids is 1. The summed E-state index contributed by atoms with van der Waals surface area (Å²) in [7, 11) is 0. The number of halogens is 1. The van der Waals surface area contributed by atoms with Gasteiger partial charge < -0.3 is 15.7 Å². The minimum absolute atomic E-state index is 0.104. The zero-order valence-corrected chi connectivity index (χ0v) is 10.0. The molecule has 1 aliphatic rings. The summed E-state index contributed by atoms with van der Waals surface area (Å²) in [5.74, 6) is -0.379. The van der Waals surface area contributed by atoms with E-state index in [0.717, 1.165) is 25.9 Å². The molecule has 5 nitrogen and oxygen atoms in total. The number of anilines is 1. The monoisotopic (exact) mass is 255 g/mol. The molecule has 1 saturated heterocycles. The van der Waals surface area contributed by atoms with Crippen LogP contribution < -0.4 is 10.6 Å². The van der Waals surface area contributed by atoms with Gasteiger partial charge in [-0.15, -0.1) is 0 Å². The van der Waals surface area contributed by atoms with Gasteiger partial charge in [-0.3, -0.25) is 0 Å². The molecule has 1 aliphatic heterocycles. The first kappa shape index (κ1) is 12.1. The van der Waals surface area contributed by atoms with E-state index < -0.39 is 5.97 Å². The summed E-state index contributed by atoms with van der Waals surface area (Å²) in [5.41, 5.74) is 5.92. The van der Waals surface area contributed by atoms with Crippen molar-refractivity contribution in [3.05, 3.63) is 22.8 Å². The van der Waals surface area contributed by atoms with Gasteiger partial charge >= 0.3 is 5.97 Å². The van der Waals surface area contributed by atoms with Crippen LogP contribution in [0.4, 0.5) is 5.82 Å². The van der Waals surface area contributed by atoms with Gasteiger partial charge in [0, 0.05) is 25.3 Å². The highest BCUT2D eigenvalue weighted by molar-refractivity contribution is 6.33. The summed E-state index contributed by atoms with van der Waals surface area (Å²) in [5, 5.41) is 9.19. The van der Waals surface area contributed by atoms with Gasteiger partial charge in [0.15, 0.2) is 0 Å². The number of carboxylic acids is 1. The number of pyridine rings is 1. The summed E-state index contributed by atoms with van der Waals surface area (Å²) in [4.78, 5) is 16.9. The van der Waals surface area contributed by atoms with Gasteiger partial charge in [0.05, 0.1) is 10.6 Å². The normalized spacial score (nSPS) is 17.2. The third-order valence-corrected chi connectivity index (χ3v) is 3.19. The van der Waals surface area contributed by atoms with Crippen molar-refractivity contribution in [2.75, 3.05) is 18.0 Å². The van der Waals surface area contributed by atoms with Gasteiger partial charge in [-0.1, -0.05) is 11.6 Å². The van der Waals surface area contributed by atoms with Crippen molar-refractivity contribution in [3.63, 3.8) is 0 Å². The van der Waals surface area contributed by atoms with Crippen LogP contribution in [0, 0.1) is 0 Å². The van der Waals surface area contributed by atoms with Gasteiger partial charge in [0.25, 0.3) is 0 Å². The van der Waals surface area contributed by atoms with Crippen LogP contribution in [-0.4, -0.2) is 35.2 Å². The van der Waals surface area contributed by atoms with Crippen LogP contribution in [0.15, 0.2) is 12.3 Å². The highest BCUT2D eigenvalue weighted by atomic mass is 35.5. The molecule has 2 heterocycles. The maximum atomic E-state index is 10.8. The fourth-order valence-electron chi connectivity index (χ4n) is 1.89. The lowest BCUT2D eigenvalue weighted by Gasteiger charge is -2.31. The molecule has 1 aromatic heterocycles. The predicted octanol–water partition coefficient (Wildman–Crippen LogP) is 1.36. The van der Waals surface area contributed by atoms with Crippen molar-refractivity contribution in [1.29, 1.82) is 0 Å². The lowest BCUT2D eigenvalue weighted by molar-refractivity contribution is 0.0696. The molecule has 1 aromatic rings. The van der Waals surface area contributed by atoms with E-state index in [9.17, 15) is 4.79 Å². The Kier molecular flexibility index (Phi) is 3.49. The molecule has 1 fully saturated rings. The Morgan fingerprint density at radius 3 is 2.71 bits per heavy atom. The Labute approximate surface area is 104 Å². The summed E-state index contributed by atoms with van der Waals surface area (Å²) in [6, 6.07) is 1.67. The van der Waals surface area contributed by atoms with E-state index in [0.29, 0.717) is 10.8 Å². The average Bonchev–Trinajstić information content (AvgIpc) is 2.30. The molecule has 92 valence electrons. The fourth-order valence-corrected chi connectivity index (χ4v) is 2.18. The van der Waals surface area contributed by atoms with Gasteiger partial charge in [0.1, 0.15) is 5.82 Å². The van der Waals surface area contributed by atoms with Crippen molar-refractivity contribution >= 4 is 23.4 Å². The van der Waals surface area contributed by atoms with Crippen LogP contribution in [-0.2, 0) is 0 Å². The van der Waals surface area contributed by atoms with Crippen LogP contribution in [0.1, 0.15) is 23.2 Å². The van der Waals surface area contributed by atoms with Gasteiger partial charge in [-0.25, -0.2) is 9.78 Å². The SMILES string of the molecule is NC1CCN(c2ncc(C(=O)O)cc2Cl)CC1. The number of piperidine rings is 1. The molecule has 0 radical (unpaired) electrons. The first-order chi connectivity index (χ1) is 8.08. The van der Waals surface area contributed by atoms with Crippen LogP contribution in [0.3, 0.4) is 0 Å². The summed E-state index contributed by atoms with van der Waals surface area (Å²) in [6.07, 6.45) is 3.13. The number of hydrogen-bond donors (Lipinski definition) is 2. The van der Waals surface area contributed by atoms with Crippen LogP contribution >= 0.6 is 11.6 Å². The Hall–Kier alpha value is -1.33. The van der Waals surface area contributed by atoms with Gasteiger partial charge in [-0.05, 0) is 18.9 Å². The molecule has 0 aromatic carbocycles. The summed E-state index contributed by atoms with van der Waals surface area (Å²) >= 11 is 6.04. The van der Waals surface area contributed by atoms with Crippen LogP contribution in [0.25, 0.3) is 0 Å². The molecule has 0 spiro atoms. The van der Waals surface area contributed by atoms with Crippen molar-refractivity contribution in [2.24, 2.45) is 5.73 Å². The first-order valence-electron chi connectivity index (χ1n) is 5.47. The largest absolute Gasteiger partial charge is 0.478 e. The van der Waals surface area contributed by atoms with E-state index in [2.05, 4.69) is 4.98 Å². The first-order valence-corrected chi connectivity index (χ1v) is 5.85. The molecule has 2 rings (SSSR count). The number of nitrogens with two attached hydrogens (primary N) is 1. The predicted molar refractivity (Wildman–Crippen MR) is 65.6 cm³/mol. The second-order valence-electron chi connectivity index (χ2n) is 4.16. The Morgan fingerprint density at radius 2 is 2.18 bits per heavy atom. The minimum Gasteiger partial charge on any atom is -0.478 e. The maximum Gasteiger partial charge on any atom is 0.337 e. The molecule has 3 N–H and O–H groups in total. The number of nitrogens with zero attached hydrogens (tertiary/aromatic N) is 2. The molecule has 0 aliphatic carbocycles. The quantitative estimate of drug-likeness (QED) is 0.834. The van der Waals surface area contributed by atoms with Crippen LogP contribution in [0.2, 0.25) is 5.02 Å². The lowest BCUT2D eigenvalue weighted by atomic mass is 10.1. The zero-order valence-electron chi connectivity index (χ0n) is 9.27. The van der Waals surface area contributed by atoms with E-state index in [4.69, 9.17) is 22.4 Å². The lowest BCUT2D eigenvalue weighted by Crippen LogP contribution is -2.40. The number of carboxylic acid groups (broad SMARTS) is 1. The third-order valence-electron chi connectivity index (χ3n) is 2.91. The number of aromatic nitrogens is 1. The van der Waals surface area contributed by atoms with E-state index >= 15 is 0 Å². The fraction of sp³-hybridized carbons (Fsp3) is 0.455. The number of carbonyl (C=O) groups is 1. The molecule has 0 bridgehead atoms. The summed E-state index contributed by atoms with van der Waals surface area (Å²) in [6.45, 7) is 1.61. The van der Waals surface area contributed by atoms with E-state index in [-0.39, 0.29) is 11.6 Å². The molecule has 17 heavy (non-hydrogen) atoms. The van der Waals surface area contributed by atoms with Crippen LogP contribution in [0.5, 0.6) is 0 Å². The van der Waals surface area contributed by atoms with Crippen molar-refractivity contribution in [3.8, 4) is 0 Å². The van der Waals surface area contributed by atoms with Crippen molar-refractivity contribution in [1.82, 2.24) is 4.98 Å². The van der Waals surface area contributed by atoms with Crippen molar-refractivity contribution in [2.45, 2.75) is 18.9 Å². The molecule has 0 unspecified atom stereocenters. The smallest absolute Gasteiger partial charge is 0.337 e. The van der Waals surface area contributed by atoms with Gasteiger partial charge in [0.2, 0.25) is 0 Å². The average molecular weight is 256 g/mol. The molecular formula is C11H14ClN3O2. The Morgan fingerprint density at radius 1 is 1.53 bits per heavy atom. The zero-order chi connectivity index (χ0) is 12.4. The second kappa shape index (κ2) is 4.89. The molecule has 0 atom stereocenters. The number of hydrogen-bond acceptors (Lipinski definition) is 4. The molecule has 0 amide bonds. The highest BCUT2D eigenvalue weighted by Gasteiger charge is 2.20. The topological polar surface area (TPSA) is 79.5 Å². The highest BCUT2D eigenvalue weighted by Crippen LogP contribution is 2.26.